The van der Waals surface area contributed by atoms with Crippen molar-refractivity contribution < 1.29 is 0 Å². The predicted octanol–water partition coefficient (Wildman–Crippen LogP) is 0.697. The van der Waals surface area contributed by atoms with E-state index in [2.05, 4.69) is 15.3 Å². The molecule has 1 saturated carbocycles. The summed E-state index contributed by atoms with van der Waals surface area (Å²) in [5.41, 5.74) is 13.1. The first kappa shape index (κ1) is 10.2. The van der Waals surface area contributed by atoms with Crippen LogP contribution in [0.1, 0.15) is 30.9 Å². The molecular weight excluding hydrogens is 190 g/mol. The molecule has 1 fully saturated rings. The predicted molar refractivity (Wildman–Crippen MR) is 60.6 cm³/mol. The zero-order valence-electron chi connectivity index (χ0n) is 8.74. The molecule has 0 unspecified atom stereocenters. The summed E-state index contributed by atoms with van der Waals surface area (Å²) in [7, 11) is 0. The smallest absolute Gasteiger partial charge is 0.220 e. The second-order valence-corrected chi connectivity index (χ2v) is 3.87. The van der Waals surface area contributed by atoms with Crippen LogP contribution in [-0.4, -0.2) is 23.1 Å². The van der Waals surface area contributed by atoms with E-state index in [1.807, 2.05) is 0 Å². The van der Waals surface area contributed by atoms with Crippen molar-refractivity contribution in [2.45, 2.75) is 25.2 Å². The van der Waals surface area contributed by atoms with Crippen LogP contribution in [0.15, 0.2) is 6.20 Å². The highest BCUT2D eigenvalue weighted by Crippen LogP contribution is 2.38. The van der Waals surface area contributed by atoms with Crippen LogP contribution in [0, 0.1) is 0 Å². The third kappa shape index (κ3) is 2.18. The molecule has 1 aromatic heterocycles. The molecule has 82 valence electrons. The van der Waals surface area contributed by atoms with E-state index in [0.29, 0.717) is 18.4 Å². The molecule has 0 bridgehead atoms. The minimum atomic E-state index is 0.357. The zero-order valence-corrected chi connectivity index (χ0v) is 8.74. The minimum Gasteiger partial charge on any atom is -0.381 e. The van der Waals surface area contributed by atoms with Crippen molar-refractivity contribution in [2.24, 2.45) is 5.73 Å². The van der Waals surface area contributed by atoms with Gasteiger partial charge < -0.3 is 16.8 Å². The number of hydrogen-bond acceptors (Lipinski definition) is 5. The molecule has 1 heterocycles. The number of anilines is 2. The normalized spacial score (nSPS) is 16.1. The molecule has 1 aromatic rings. The fraction of sp³-hybridized carbons (Fsp3) is 0.600. The van der Waals surface area contributed by atoms with Gasteiger partial charge in [0.15, 0.2) is 0 Å². The van der Waals surface area contributed by atoms with Crippen LogP contribution >= 0.6 is 0 Å². The summed E-state index contributed by atoms with van der Waals surface area (Å²) in [6.45, 7) is 1.35. The van der Waals surface area contributed by atoms with Crippen molar-refractivity contribution in [3.63, 3.8) is 0 Å². The van der Waals surface area contributed by atoms with Crippen molar-refractivity contribution >= 4 is 11.6 Å². The lowest BCUT2D eigenvalue weighted by molar-refractivity contribution is 0.412. The Balaban J connectivity index is 2.18. The lowest BCUT2D eigenvalue weighted by Gasteiger charge is -2.26. The Morgan fingerprint density at radius 3 is 2.87 bits per heavy atom. The Morgan fingerprint density at radius 1 is 1.47 bits per heavy atom. The van der Waals surface area contributed by atoms with Gasteiger partial charge in [-0.1, -0.05) is 6.42 Å². The Bertz CT molecular complexity index is 335. The standard InChI is InChI=1S/C10H17N5/c11-4-5-13-8-6-14-10(12)15-9(8)7-2-1-3-7/h6-7,13H,1-5,11H2,(H2,12,14,15). The van der Waals surface area contributed by atoms with Gasteiger partial charge in [-0.3, -0.25) is 0 Å². The average Bonchev–Trinajstić information content (AvgIpc) is 2.14. The Morgan fingerprint density at radius 2 is 2.27 bits per heavy atom. The quantitative estimate of drug-likeness (QED) is 0.676. The van der Waals surface area contributed by atoms with E-state index in [9.17, 15) is 0 Å². The largest absolute Gasteiger partial charge is 0.381 e. The summed E-state index contributed by atoms with van der Waals surface area (Å²) in [4.78, 5) is 8.31. The van der Waals surface area contributed by atoms with Crippen molar-refractivity contribution in [3.8, 4) is 0 Å². The van der Waals surface area contributed by atoms with Crippen molar-refractivity contribution in [3.05, 3.63) is 11.9 Å². The number of rotatable bonds is 4. The molecule has 2 rings (SSSR count). The molecule has 0 amide bonds. The maximum atomic E-state index is 5.60. The molecule has 0 saturated heterocycles. The summed E-state index contributed by atoms with van der Waals surface area (Å²) in [6.07, 6.45) is 5.44. The van der Waals surface area contributed by atoms with Gasteiger partial charge in [-0.15, -0.1) is 0 Å². The molecule has 0 atom stereocenters. The number of aromatic nitrogens is 2. The summed E-state index contributed by atoms with van der Waals surface area (Å²) >= 11 is 0. The summed E-state index contributed by atoms with van der Waals surface area (Å²) < 4.78 is 0. The highest BCUT2D eigenvalue weighted by Gasteiger charge is 2.24. The van der Waals surface area contributed by atoms with Gasteiger partial charge in [-0.05, 0) is 12.8 Å². The van der Waals surface area contributed by atoms with E-state index in [1.165, 1.54) is 19.3 Å². The monoisotopic (exact) mass is 207 g/mol. The second-order valence-electron chi connectivity index (χ2n) is 3.87. The van der Waals surface area contributed by atoms with E-state index in [1.54, 1.807) is 6.20 Å². The molecule has 0 spiro atoms. The van der Waals surface area contributed by atoms with Gasteiger partial charge in [-0.25, -0.2) is 9.97 Å². The van der Waals surface area contributed by atoms with Crippen LogP contribution in [0.3, 0.4) is 0 Å². The van der Waals surface area contributed by atoms with Crippen LogP contribution in [0.5, 0.6) is 0 Å². The van der Waals surface area contributed by atoms with Crippen LogP contribution in [-0.2, 0) is 0 Å². The first-order valence-corrected chi connectivity index (χ1v) is 5.37. The van der Waals surface area contributed by atoms with Gasteiger partial charge >= 0.3 is 0 Å². The average molecular weight is 207 g/mol. The van der Waals surface area contributed by atoms with Crippen LogP contribution in [0.4, 0.5) is 11.6 Å². The van der Waals surface area contributed by atoms with Gasteiger partial charge in [0.1, 0.15) is 0 Å². The Hall–Kier alpha value is -1.36. The van der Waals surface area contributed by atoms with Crippen molar-refractivity contribution in [1.82, 2.24) is 9.97 Å². The lowest BCUT2D eigenvalue weighted by atomic mass is 9.82. The third-order valence-electron chi connectivity index (χ3n) is 2.79. The zero-order chi connectivity index (χ0) is 10.7. The van der Waals surface area contributed by atoms with Crippen LogP contribution < -0.4 is 16.8 Å². The van der Waals surface area contributed by atoms with E-state index in [4.69, 9.17) is 11.5 Å². The topological polar surface area (TPSA) is 89.8 Å². The highest BCUT2D eigenvalue weighted by molar-refractivity contribution is 5.50. The maximum Gasteiger partial charge on any atom is 0.220 e. The molecule has 0 aromatic carbocycles. The van der Waals surface area contributed by atoms with Gasteiger partial charge in [0, 0.05) is 19.0 Å². The minimum absolute atomic E-state index is 0.357. The Labute approximate surface area is 89.3 Å². The molecule has 15 heavy (non-hydrogen) atoms. The first-order chi connectivity index (χ1) is 7.31. The lowest BCUT2D eigenvalue weighted by Crippen LogP contribution is -2.19. The summed E-state index contributed by atoms with van der Waals surface area (Å²) in [5, 5.41) is 3.23. The van der Waals surface area contributed by atoms with Crippen molar-refractivity contribution in [2.75, 3.05) is 24.1 Å². The molecular formula is C10H17N5. The van der Waals surface area contributed by atoms with E-state index >= 15 is 0 Å². The van der Waals surface area contributed by atoms with E-state index in [0.717, 1.165) is 17.9 Å². The molecule has 5 heteroatoms. The third-order valence-corrected chi connectivity index (χ3v) is 2.79. The number of nitrogens with two attached hydrogens (primary N) is 2. The van der Waals surface area contributed by atoms with Gasteiger partial charge in [0.2, 0.25) is 5.95 Å². The molecule has 1 aliphatic carbocycles. The summed E-state index contributed by atoms with van der Waals surface area (Å²) in [6, 6.07) is 0. The number of nitrogens with one attached hydrogen (secondary N) is 1. The number of hydrogen-bond donors (Lipinski definition) is 3. The fourth-order valence-corrected chi connectivity index (χ4v) is 1.75. The summed E-state index contributed by atoms with van der Waals surface area (Å²) in [5.74, 6) is 0.908. The van der Waals surface area contributed by atoms with E-state index in [-0.39, 0.29) is 0 Å². The number of nitrogens with zero attached hydrogens (tertiary/aromatic N) is 2. The van der Waals surface area contributed by atoms with Crippen molar-refractivity contribution in [1.29, 1.82) is 0 Å². The molecule has 1 aliphatic rings. The number of nitrogen functional groups attached to an aromatic ring is 1. The van der Waals surface area contributed by atoms with Gasteiger partial charge in [0.05, 0.1) is 17.6 Å². The second kappa shape index (κ2) is 4.44. The molecule has 0 aliphatic heterocycles. The van der Waals surface area contributed by atoms with Gasteiger partial charge in [-0.2, -0.15) is 0 Å². The van der Waals surface area contributed by atoms with E-state index < -0.39 is 0 Å². The van der Waals surface area contributed by atoms with Crippen LogP contribution in [0.25, 0.3) is 0 Å². The molecule has 5 N–H and O–H groups in total. The van der Waals surface area contributed by atoms with Gasteiger partial charge in [0.25, 0.3) is 0 Å². The molecule has 5 nitrogen and oxygen atoms in total. The SMILES string of the molecule is NCCNc1cnc(N)nc1C1CCC1. The van der Waals surface area contributed by atoms with Crippen LogP contribution in [0.2, 0.25) is 0 Å². The fourth-order valence-electron chi connectivity index (χ4n) is 1.75. The highest BCUT2D eigenvalue weighted by atomic mass is 15.0. The Kier molecular flexibility index (Phi) is 3.01. The molecule has 0 radical (unpaired) electrons. The maximum absolute atomic E-state index is 5.60. The first-order valence-electron chi connectivity index (χ1n) is 5.37.